The molecule has 0 unspecified atom stereocenters. The fraction of sp³-hybridized carbons (Fsp3) is 0.385. The van der Waals surface area contributed by atoms with Gasteiger partial charge in [0.15, 0.2) is 29.0 Å². The first-order valence-corrected chi connectivity index (χ1v) is 12.0. The number of fused-ring (bicyclic) bond motifs is 1. The minimum atomic E-state index is -0.981. The predicted molar refractivity (Wildman–Crippen MR) is 130 cm³/mol. The average Bonchev–Trinajstić information content (AvgIpc) is 2.88. The third-order valence-corrected chi connectivity index (χ3v) is 6.55. The van der Waals surface area contributed by atoms with Crippen molar-refractivity contribution < 1.29 is 22.3 Å². The lowest BCUT2D eigenvalue weighted by Crippen LogP contribution is -2.44. The van der Waals surface area contributed by atoms with Gasteiger partial charge in [0, 0.05) is 44.2 Å². The first-order valence-electron chi connectivity index (χ1n) is 12.0. The van der Waals surface area contributed by atoms with E-state index in [0.29, 0.717) is 45.0 Å². The number of anilines is 2. The molecule has 5 rings (SSSR count). The molecule has 2 aromatic carbocycles. The molecule has 6 nitrogen and oxygen atoms in total. The van der Waals surface area contributed by atoms with Gasteiger partial charge in [-0.2, -0.15) is 0 Å². The number of ether oxygens (including phenoxy) is 1. The molecule has 190 valence electrons. The SMILES string of the molecule is CC(C)N1CCOc2c(F)cc(-c3nc(Cc4ccc(N5CCNCC5)c(F)c4F)ncc3F)cc21. The summed E-state index contributed by atoms with van der Waals surface area (Å²) >= 11 is 0. The van der Waals surface area contributed by atoms with Crippen LogP contribution in [0.3, 0.4) is 0 Å². The van der Waals surface area contributed by atoms with Gasteiger partial charge in [-0.3, -0.25) is 0 Å². The zero-order valence-electron chi connectivity index (χ0n) is 20.1. The highest BCUT2D eigenvalue weighted by Crippen LogP contribution is 2.39. The number of nitrogens with zero attached hydrogens (tertiary/aromatic N) is 4. The van der Waals surface area contributed by atoms with Gasteiger partial charge >= 0.3 is 0 Å². The Bertz CT molecular complexity index is 1280. The lowest BCUT2D eigenvalue weighted by atomic mass is 10.1. The molecular weight excluding hydrogens is 474 g/mol. The molecule has 1 N–H and O–H groups in total. The van der Waals surface area contributed by atoms with Crippen molar-refractivity contribution in [2.24, 2.45) is 0 Å². The summed E-state index contributed by atoms with van der Waals surface area (Å²) in [6.07, 6.45) is 0.821. The van der Waals surface area contributed by atoms with Crippen molar-refractivity contribution in [3.8, 4) is 17.0 Å². The van der Waals surface area contributed by atoms with Gasteiger partial charge in [0.05, 0.1) is 24.1 Å². The molecule has 0 spiro atoms. The number of benzene rings is 2. The molecule has 2 aliphatic heterocycles. The van der Waals surface area contributed by atoms with E-state index >= 15 is 0 Å². The van der Waals surface area contributed by atoms with E-state index in [0.717, 1.165) is 6.20 Å². The lowest BCUT2D eigenvalue weighted by molar-refractivity contribution is 0.287. The highest BCUT2D eigenvalue weighted by molar-refractivity contribution is 5.72. The number of aromatic nitrogens is 2. The number of nitrogens with one attached hydrogen (secondary N) is 1. The molecule has 1 fully saturated rings. The van der Waals surface area contributed by atoms with E-state index in [9.17, 15) is 17.6 Å². The Morgan fingerprint density at radius 3 is 2.50 bits per heavy atom. The molecule has 0 amide bonds. The fourth-order valence-electron chi connectivity index (χ4n) is 4.70. The molecule has 1 aromatic heterocycles. The van der Waals surface area contributed by atoms with Crippen LogP contribution in [-0.2, 0) is 6.42 Å². The Morgan fingerprint density at radius 1 is 0.972 bits per heavy atom. The third kappa shape index (κ3) is 4.57. The van der Waals surface area contributed by atoms with Gasteiger partial charge in [0.1, 0.15) is 18.1 Å². The summed E-state index contributed by atoms with van der Waals surface area (Å²) in [7, 11) is 0. The third-order valence-electron chi connectivity index (χ3n) is 6.55. The zero-order valence-corrected chi connectivity index (χ0v) is 20.1. The summed E-state index contributed by atoms with van der Waals surface area (Å²) in [4.78, 5) is 12.0. The van der Waals surface area contributed by atoms with E-state index in [1.165, 1.54) is 12.1 Å². The standard InChI is InChI=1S/C26H27F4N5O/c1-15(2)35-9-10-36-26-18(27)11-17(12-21(26)35)25-19(28)14-32-22(33-25)13-16-3-4-20(24(30)23(16)29)34-7-5-31-6-8-34/h3-4,11-12,14-15,31H,5-10,13H2,1-2H3. The Labute approximate surface area is 206 Å². The number of halogens is 4. The van der Waals surface area contributed by atoms with Crippen LogP contribution in [0.15, 0.2) is 30.5 Å². The summed E-state index contributed by atoms with van der Waals surface area (Å²) in [5.74, 6) is -3.06. The van der Waals surface area contributed by atoms with Gasteiger partial charge in [-0.1, -0.05) is 6.07 Å². The van der Waals surface area contributed by atoms with Crippen molar-refractivity contribution >= 4 is 11.4 Å². The van der Waals surface area contributed by atoms with Crippen LogP contribution < -0.4 is 19.9 Å². The van der Waals surface area contributed by atoms with Crippen molar-refractivity contribution in [2.75, 3.05) is 49.1 Å². The zero-order chi connectivity index (χ0) is 25.4. The van der Waals surface area contributed by atoms with E-state index in [2.05, 4.69) is 15.3 Å². The number of hydrogen-bond acceptors (Lipinski definition) is 6. The van der Waals surface area contributed by atoms with E-state index in [1.54, 1.807) is 17.0 Å². The first-order chi connectivity index (χ1) is 17.3. The maximum Gasteiger partial charge on any atom is 0.182 e. The smallest absolute Gasteiger partial charge is 0.182 e. The highest BCUT2D eigenvalue weighted by atomic mass is 19.2. The van der Waals surface area contributed by atoms with Crippen molar-refractivity contribution in [2.45, 2.75) is 26.3 Å². The highest BCUT2D eigenvalue weighted by Gasteiger charge is 2.26. The van der Waals surface area contributed by atoms with Crippen LogP contribution in [0.25, 0.3) is 11.3 Å². The van der Waals surface area contributed by atoms with E-state index in [-0.39, 0.29) is 46.5 Å². The normalized spacial score (nSPS) is 15.8. The summed E-state index contributed by atoms with van der Waals surface area (Å²) in [6.45, 7) is 7.42. The van der Waals surface area contributed by atoms with Gasteiger partial charge in [0.25, 0.3) is 0 Å². The van der Waals surface area contributed by atoms with Crippen LogP contribution in [0.4, 0.5) is 28.9 Å². The van der Waals surface area contributed by atoms with Gasteiger partial charge in [0.2, 0.25) is 0 Å². The van der Waals surface area contributed by atoms with Crippen LogP contribution >= 0.6 is 0 Å². The van der Waals surface area contributed by atoms with Gasteiger partial charge < -0.3 is 19.9 Å². The quantitative estimate of drug-likeness (QED) is 0.526. The number of rotatable bonds is 5. The van der Waals surface area contributed by atoms with Crippen molar-refractivity contribution in [1.82, 2.24) is 15.3 Å². The molecule has 0 aliphatic carbocycles. The van der Waals surface area contributed by atoms with Crippen molar-refractivity contribution in [1.29, 1.82) is 0 Å². The topological polar surface area (TPSA) is 53.5 Å². The van der Waals surface area contributed by atoms with E-state index < -0.39 is 23.3 Å². The Morgan fingerprint density at radius 2 is 1.75 bits per heavy atom. The fourth-order valence-corrected chi connectivity index (χ4v) is 4.70. The molecular formula is C26H27F4N5O. The Kier molecular flexibility index (Phi) is 6.70. The largest absolute Gasteiger partial charge is 0.486 e. The molecule has 1 saturated heterocycles. The second-order valence-corrected chi connectivity index (χ2v) is 9.21. The van der Waals surface area contributed by atoms with Crippen LogP contribution in [0, 0.1) is 23.3 Å². The van der Waals surface area contributed by atoms with Gasteiger partial charge in [-0.15, -0.1) is 0 Å². The van der Waals surface area contributed by atoms with E-state index in [4.69, 9.17) is 4.74 Å². The summed E-state index contributed by atoms with van der Waals surface area (Å²) < 4.78 is 65.0. The van der Waals surface area contributed by atoms with Gasteiger partial charge in [-0.25, -0.2) is 27.5 Å². The van der Waals surface area contributed by atoms with Crippen LogP contribution in [0.2, 0.25) is 0 Å². The summed E-state index contributed by atoms with van der Waals surface area (Å²) in [5.41, 5.74) is 0.876. The van der Waals surface area contributed by atoms with Crippen molar-refractivity contribution in [3.05, 3.63) is 65.1 Å². The minimum Gasteiger partial charge on any atom is -0.486 e. The maximum atomic E-state index is 14.9. The second kappa shape index (κ2) is 9.93. The molecule has 2 aliphatic rings. The molecule has 0 radical (unpaired) electrons. The second-order valence-electron chi connectivity index (χ2n) is 9.21. The average molecular weight is 502 g/mol. The minimum absolute atomic E-state index is 0.0555. The molecule has 10 heteroatoms. The van der Waals surface area contributed by atoms with Crippen LogP contribution in [0.1, 0.15) is 25.2 Å². The van der Waals surface area contributed by atoms with E-state index in [1.807, 2.05) is 18.7 Å². The number of hydrogen-bond donors (Lipinski definition) is 1. The summed E-state index contributed by atoms with van der Waals surface area (Å²) in [6, 6.07) is 5.92. The molecule has 0 atom stereocenters. The van der Waals surface area contributed by atoms with Gasteiger partial charge in [-0.05, 0) is 37.6 Å². The monoisotopic (exact) mass is 501 g/mol. The first kappa shape index (κ1) is 24.3. The molecule has 3 aromatic rings. The maximum absolute atomic E-state index is 14.9. The molecule has 0 bridgehead atoms. The molecule has 36 heavy (non-hydrogen) atoms. The number of piperazine rings is 1. The predicted octanol–water partition coefficient (Wildman–Crippen LogP) is 4.31. The molecule has 0 saturated carbocycles. The van der Waals surface area contributed by atoms with Crippen LogP contribution in [0.5, 0.6) is 5.75 Å². The Balaban J connectivity index is 1.47. The Hall–Kier alpha value is -3.40. The molecule has 3 heterocycles. The van der Waals surface area contributed by atoms with Crippen molar-refractivity contribution in [3.63, 3.8) is 0 Å². The summed E-state index contributed by atoms with van der Waals surface area (Å²) in [5, 5.41) is 3.18. The van der Waals surface area contributed by atoms with Crippen LogP contribution in [-0.4, -0.2) is 55.3 Å². The lowest BCUT2D eigenvalue weighted by Gasteiger charge is -2.34.